The summed E-state index contributed by atoms with van der Waals surface area (Å²) in [7, 11) is 0. The maximum atomic E-state index is 5.62. The van der Waals surface area contributed by atoms with E-state index in [1.807, 2.05) is 0 Å². The number of imidazole rings is 1. The summed E-state index contributed by atoms with van der Waals surface area (Å²) in [6.45, 7) is 6.18. The smallest absolute Gasteiger partial charge is 0.112 e. The Labute approximate surface area is 85.3 Å². The number of aromatic nitrogens is 2. The first kappa shape index (κ1) is 9.71. The highest BCUT2D eigenvalue weighted by Gasteiger charge is 2.23. The van der Waals surface area contributed by atoms with Crippen LogP contribution in [0.25, 0.3) is 0 Å². The Bertz CT molecular complexity index is 328. The molecule has 0 saturated carbocycles. The van der Waals surface area contributed by atoms with Crippen LogP contribution in [0.1, 0.15) is 42.4 Å². The highest BCUT2D eigenvalue weighted by atomic mass is 15.1. The molecule has 78 valence electrons. The van der Waals surface area contributed by atoms with Gasteiger partial charge in [0.15, 0.2) is 0 Å². The Balaban J connectivity index is 2.34. The van der Waals surface area contributed by atoms with Gasteiger partial charge in [-0.1, -0.05) is 0 Å². The van der Waals surface area contributed by atoms with E-state index in [2.05, 4.69) is 23.4 Å². The second kappa shape index (κ2) is 3.73. The molecule has 0 aromatic carbocycles. The zero-order chi connectivity index (χ0) is 10.1. The number of rotatable bonds is 2. The molecule has 1 aromatic heterocycles. The van der Waals surface area contributed by atoms with Crippen molar-refractivity contribution in [3.8, 4) is 0 Å². The van der Waals surface area contributed by atoms with Gasteiger partial charge in [0.2, 0.25) is 0 Å². The summed E-state index contributed by atoms with van der Waals surface area (Å²) in [6, 6.07) is 0. The number of hydrogen-bond donors (Lipinski definition) is 1. The molecule has 0 amide bonds. The predicted octanol–water partition coefficient (Wildman–Crippen LogP) is 1.73. The molecule has 1 aliphatic rings. The second-order valence-corrected chi connectivity index (χ2v) is 4.21. The summed E-state index contributed by atoms with van der Waals surface area (Å²) < 4.78 is 2.37. The summed E-state index contributed by atoms with van der Waals surface area (Å²) in [4.78, 5) is 4.66. The Morgan fingerprint density at radius 3 is 3.00 bits per heavy atom. The summed E-state index contributed by atoms with van der Waals surface area (Å²) in [6.07, 6.45) is 3.61. The lowest BCUT2D eigenvalue weighted by molar-refractivity contribution is 0.424. The molecule has 3 heteroatoms. The van der Waals surface area contributed by atoms with Crippen LogP contribution in [0, 0.1) is 13.8 Å². The number of hydrogen-bond acceptors (Lipinski definition) is 2. The van der Waals surface area contributed by atoms with E-state index in [0.717, 1.165) is 19.5 Å². The number of nitrogens with zero attached hydrogens (tertiary/aromatic N) is 2. The van der Waals surface area contributed by atoms with Crippen LogP contribution in [0.15, 0.2) is 0 Å². The van der Waals surface area contributed by atoms with Gasteiger partial charge in [-0.05, 0) is 39.7 Å². The average molecular weight is 193 g/mol. The fraction of sp³-hybridized carbons (Fsp3) is 0.727. The molecule has 1 aliphatic heterocycles. The summed E-state index contributed by atoms with van der Waals surface area (Å²) in [5, 5.41) is 0. The van der Waals surface area contributed by atoms with E-state index < -0.39 is 0 Å². The lowest BCUT2D eigenvalue weighted by Gasteiger charge is -2.23. The fourth-order valence-electron chi connectivity index (χ4n) is 2.37. The van der Waals surface area contributed by atoms with Crippen molar-refractivity contribution in [1.82, 2.24) is 9.55 Å². The average Bonchev–Trinajstić information content (AvgIpc) is 2.46. The molecule has 2 heterocycles. The van der Waals surface area contributed by atoms with Crippen molar-refractivity contribution in [2.24, 2.45) is 5.73 Å². The number of nitrogens with two attached hydrogens (primary N) is 1. The van der Waals surface area contributed by atoms with Gasteiger partial charge >= 0.3 is 0 Å². The monoisotopic (exact) mass is 193 g/mol. The van der Waals surface area contributed by atoms with Crippen molar-refractivity contribution in [1.29, 1.82) is 0 Å². The Morgan fingerprint density at radius 1 is 1.50 bits per heavy atom. The van der Waals surface area contributed by atoms with Gasteiger partial charge < -0.3 is 10.3 Å². The van der Waals surface area contributed by atoms with Crippen molar-refractivity contribution in [3.63, 3.8) is 0 Å². The van der Waals surface area contributed by atoms with Crippen molar-refractivity contribution >= 4 is 0 Å². The van der Waals surface area contributed by atoms with Gasteiger partial charge in [0, 0.05) is 18.2 Å². The Kier molecular flexibility index (Phi) is 2.59. The summed E-state index contributed by atoms with van der Waals surface area (Å²) in [5.74, 6) is 1.87. The SMILES string of the molecule is Cc1nc2n(c1C)CCCC2CCN. The minimum Gasteiger partial charge on any atom is -0.332 e. The first-order chi connectivity index (χ1) is 6.74. The van der Waals surface area contributed by atoms with Crippen LogP contribution in [-0.2, 0) is 6.54 Å². The van der Waals surface area contributed by atoms with Crippen molar-refractivity contribution < 1.29 is 0 Å². The van der Waals surface area contributed by atoms with Crippen LogP contribution in [0.2, 0.25) is 0 Å². The summed E-state index contributed by atoms with van der Waals surface area (Å²) in [5.41, 5.74) is 8.14. The van der Waals surface area contributed by atoms with Gasteiger partial charge in [-0.25, -0.2) is 4.98 Å². The van der Waals surface area contributed by atoms with Gasteiger partial charge in [-0.3, -0.25) is 0 Å². The van der Waals surface area contributed by atoms with Gasteiger partial charge in [-0.2, -0.15) is 0 Å². The van der Waals surface area contributed by atoms with Crippen LogP contribution in [-0.4, -0.2) is 16.1 Å². The van der Waals surface area contributed by atoms with E-state index in [-0.39, 0.29) is 0 Å². The third-order valence-corrected chi connectivity index (χ3v) is 3.30. The van der Waals surface area contributed by atoms with Crippen molar-refractivity contribution in [2.45, 2.75) is 45.6 Å². The molecule has 0 radical (unpaired) electrons. The summed E-state index contributed by atoms with van der Waals surface area (Å²) >= 11 is 0. The van der Waals surface area contributed by atoms with E-state index in [4.69, 9.17) is 5.73 Å². The van der Waals surface area contributed by atoms with Gasteiger partial charge in [0.05, 0.1) is 5.69 Å². The molecular formula is C11H19N3. The second-order valence-electron chi connectivity index (χ2n) is 4.21. The van der Waals surface area contributed by atoms with Crippen LogP contribution in [0.3, 0.4) is 0 Å². The molecule has 0 saturated heterocycles. The highest BCUT2D eigenvalue weighted by molar-refractivity contribution is 5.18. The van der Waals surface area contributed by atoms with Crippen LogP contribution >= 0.6 is 0 Å². The first-order valence-electron chi connectivity index (χ1n) is 5.47. The molecule has 0 fully saturated rings. The minimum atomic E-state index is 0.598. The molecule has 1 aromatic rings. The zero-order valence-electron chi connectivity index (χ0n) is 9.08. The Hall–Kier alpha value is -0.830. The van der Waals surface area contributed by atoms with E-state index in [9.17, 15) is 0 Å². The molecule has 1 unspecified atom stereocenters. The molecule has 3 nitrogen and oxygen atoms in total. The van der Waals surface area contributed by atoms with Crippen molar-refractivity contribution in [3.05, 3.63) is 17.2 Å². The van der Waals surface area contributed by atoms with Gasteiger partial charge in [0.1, 0.15) is 5.82 Å². The molecule has 2 rings (SSSR count). The molecule has 0 spiro atoms. The number of fused-ring (bicyclic) bond motifs is 1. The minimum absolute atomic E-state index is 0.598. The van der Waals surface area contributed by atoms with E-state index in [1.165, 1.54) is 30.1 Å². The van der Waals surface area contributed by atoms with Gasteiger partial charge in [-0.15, -0.1) is 0 Å². The molecule has 1 atom stereocenters. The molecule has 0 aliphatic carbocycles. The third kappa shape index (κ3) is 1.46. The van der Waals surface area contributed by atoms with E-state index in [1.54, 1.807) is 0 Å². The lowest BCUT2D eigenvalue weighted by atomic mass is 9.95. The zero-order valence-corrected chi connectivity index (χ0v) is 9.08. The van der Waals surface area contributed by atoms with Gasteiger partial charge in [0.25, 0.3) is 0 Å². The van der Waals surface area contributed by atoms with E-state index in [0.29, 0.717) is 5.92 Å². The molecule has 14 heavy (non-hydrogen) atoms. The normalized spacial score (nSPS) is 20.9. The lowest BCUT2D eigenvalue weighted by Crippen LogP contribution is -2.19. The van der Waals surface area contributed by atoms with Crippen LogP contribution in [0.4, 0.5) is 0 Å². The van der Waals surface area contributed by atoms with Crippen LogP contribution < -0.4 is 5.73 Å². The maximum absolute atomic E-state index is 5.62. The fourth-order valence-corrected chi connectivity index (χ4v) is 2.37. The first-order valence-corrected chi connectivity index (χ1v) is 5.47. The van der Waals surface area contributed by atoms with Crippen LogP contribution in [0.5, 0.6) is 0 Å². The third-order valence-electron chi connectivity index (χ3n) is 3.30. The van der Waals surface area contributed by atoms with E-state index >= 15 is 0 Å². The number of aryl methyl sites for hydroxylation is 1. The Morgan fingerprint density at radius 2 is 2.29 bits per heavy atom. The van der Waals surface area contributed by atoms with Crippen molar-refractivity contribution in [2.75, 3.05) is 6.54 Å². The molecule has 0 bridgehead atoms. The highest BCUT2D eigenvalue weighted by Crippen LogP contribution is 2.30. The topological polar surface area (TPSA) is 43.8 Å². The largest absolute Gasteiger partial charge is 0.332 e. The predicted molar refractivity (Wildman–Crippen MR) is 57.3 cm³/mol. The molecular weight excluding hydrogens is 174 g/mol. The quantitative estimate of drug-likeness (QED) is 0.777. The standard InChI is InChI=1S/C11H19N3/c1-8-9(2)14-7-3-4-10(5-6-12)11(14)13-8/h10H,3-7,12H2,1-2H3. The maximum Gasteiger partial charge on any atom is 0.112 e. The molecule has 2 N–H and O–H groups in total.